The number of para-hydroxylation sites is 1. The average molecular weight is 664 g/mol. The number of piperidine rings is 1. The molecule has 2 fully saturated rings. The van der Waals surface area contributed by atoms with E-state index >= 15 is 0 Å². The van der Waals surface area contributed by atoms with Crippen molar-refractivity contribution in [3.8, 4) is 16.9 Å². The van der Waals surface area contributed by atoms with Gasteiger partial charge in [0.15, 0.2) is 5.82 Å². The van der Waals surface area contributed by atoms with Crippen LogP contribution in [-0.4, -0.2) is 102 Å². The maximum atomic E-state index is 12.9. The highest BCUT2D eigenvalue weighted by molar-refractivity contribution is 7.70. The Hall–Kier alpha value is -3.63. The Labute approximate surface area is 276 Å². The Balaban J connectivity index is 1.28. The molecule has 2 aliphatic heterocycles. The molecule has 2 saturated heterocycles. The molecule has 0 saturated carbocycles. The van der Waals surface area contributed by atoms with E-state index in [-0.39, 0.29) is 0 Å². The largest absolute Gasteiger partial charge is 0.494 e. The van der Waals surface area contributed by atoms with E-state index in [1.807, 2.05) is 48.4 Å². The number of halogens is 1. The number of aryl methyl sites for hydroxylation is 1. The number of benzene rings is 2. The zero-order valence-electron chi connectivity index (χ0n) is 27.2. The topological polar surface area (TPSA) is 104 Å². The zero-order valence-corrected chi connectivity index (χ0v) is 28.9. The molecular weight excluding hydrogens is 621 g/mol. The van der Waals surface area contributed by atoms with Crippen LogP contribution in [0.1, 0.15) is 12.8 Å². The predicted octanol–water partition coefficient (Wildman–Crippen LogP) is 5.49. The molecule has 2 aromatic heterocycles. The van der Waals surface area contributed by atoms with Gasteiger partial charge in [-0.15, -0.1) is 0 Å². The van der Waals surface area contributed by atoms with E-state index < -0.39 is 7.14 Å². The van der Waals surface area contributed by atoms with Crippen LogP contribution in [0.4, 0.5) is 28.8 Å². The number of piperazine rings is 1. The van der Waals surface area contributed by atoms with Crippen LogP contribution in [0.15, 0.2) is 55.0 Å². The van der Waals surface area contributed by atoms with Gasteiger partial charge in [-0.3, -0.25) is 9.58 Å². The number of likely N-dealkylation sites (N-methyl/N-ethyl adjacent to an activating group) is 1. The summed E-state index contributed by atoms with van der Waals surface area (Å²) in [5, 5.41) is 12.2. The summed E-state index contributed by atoms with van der Waals surface area (Å²) < 4.78 is 20.7. The molecule has 2 aromatic carbocycles. The first kappa shape index (κ1) is 32.3. The van der Waals surface area contributed by atoms with Crippen LogP contribution < -0.4 is 25.6 Å². The third-order valence-corrected chi connectivity index (χ3v) is 10.7. The summed E-state index contributed by atoms with van der Waals surface area (Å²) in [4.78, 5) is 16.7. The first-order valence-corrected chi connectivity index (χ1v) is 18.7. The van der Waals surface area contributed by atoms with Gasteiger partial charge in [-0.1, -0.05) is 23.7 Å². The normalized spacial score (nSPS) is 16.9. The molecule has 0 unspecified atom stereocenters. The van der Waals surface area contributed by atoms with E-state index in [0.29, 0.717) is 34.3 Å². The average Bonchev–Trinajstić information content (AvgIpc) is 3.48. The molecule has 46 heavy (non-hydrogen) atoms. The van der Waals surface area contributed by atoms with Crippen molar-refractivity contribution in [2.24, 2.45) is 7.05 Å². The highest BCUT2D eigenvalue weighted by Gasteiger charge is 2.29. The second-order valence-corrected chi connectivity index (χ2v) is 16.1. The third kappa shape index (κ3) is 7.18. The summed E-state index contributed by atoms with van der Waals surface area (Å²) in [5.41, 5.74) is 4.60. The van der Waals surface area contributed by atoms with Gasteiger partial charge in [0.2, 0.25) is 5.95 Å². The Morgan fingerprint density at radius 1 is 0.957 bits per heavy atom. The summed E-state index contributed by atoms with van der Waals surface area (Å²) in [6.07, 6.45) is 7.73. The molecule has 2 N–H and O–H groups in total. The Kier molecular flexibility index (Phi) is 9.57. The van der Waals surface area contributed by atoms with Gasteiger partial charge in [0, 0.05) is 86.7 Å². The lowest BCUT2D eigenvalue weighted by Crippen LogP contribution is -2.52. The van der Waals surface area contributed by atoms with E-state index in [1.54, 1.807) is 26.6 Å². The van der Waals surface area contributed by atoms with Crippen molar-refractivity contribution in [1.29, 1.82) is 0 Å². The summed E-state index contributed by atoms with van der Waals surface area (Å²) in [5.74, 6) is 1.43. The number of hydrogen-bond acceptors (Lipinski definition) is 10. The molecule has 4 heterocycles. The fourth-order valence-corrected chi connectivity index (χ4v) is 7.65. The monoisotopic (exact) mass is 663 g/mol. The van der Waals surface area contributed by atoms with Crippen LogP contribution in [0, 0.1) is 0 Å². The van der Waals surface area contributed by atoms with Crippen molar-refractivity contribution >= 4 is 52.9 Å². The lowest BCUT2D eigenvalue weighted by Gasteiger charge is -2.43. The molecule has 0 bridgehead atoms. The molecule has 13 heteroatoms. The predicted molar refractivity (Wildman–Crippen MR) is 189 cm³/mol. The highest BCUT2D eigenvalue weighted by Crippen LogP contribution is 2.42. The van der Waals surface area contributed by atoms with Gasteiger partial charge in [-0.2, -0.15) is 10.1 Å². The van der Waals surface area contributed by atoms with Gasteiger partial charge in [-0.05, 0) is 51.4 Å². The zero-order chi connectivity index (χ0) is 32.4. The SMILES string of the molecule is COc1cc(N2CCC(N3CCN(C)CC3)CC2)c(-c2cnn(C)c2)cc1Nc1ncc(Cl)c(Nc2ccccc2P(C)(C)=O)n1. The number of methoxy groups -OCH3 is 1. The van der Waals surface area contributed by atoms with Crippen LogP contribution in [0.25, 0.3) is 11.1 Å². The Morgan fingerprint density at radius 2 is 1.70 bits per heavy atom. The highest BCUT2D eigenvalue weighted by atomic mass is 35.5. The fourth-order valence-electron chi connectivity index (χ4n) is 6.36. The smallest absolute Gasteiger partial charge is 0.229 e. The van der Waals surface area contributed by atoms with Crippen molar-refractivity contribution in [2.75, 3.05) is 82.3 Å². The first-order chi connectivity index (χ1) is 22.1. The molecule has 0 atom stereocenters. The number of hydrogen-bond donors (Lipinski definition) is 2. The molecule has 0 spiro atoms. The van der Waals surface area contributed by atoms with E-state index in [2.05, 4.69) is 54.6 Å². The van der Waals surface area contributed by atoms with E-state index in [1.165, 1.54) is 0 Å². The molecule has 11 nitrogen and oxygen atoms in total. The number of rotatable bonds is 9. The van der Waals surface area contributed by atoms with Crippen LogP contribution in [-0.2, 0) is 11.6 Å². The molecule has 0 radical (unpaired) electrons. The number of aromatic nitrogens is 4. The Bertz CT molecular complexity index is 1730. The molecule has 2 aliphatic rings. The van der Waals surface area contributed by atoms with Crippen molar-refractivity contribution in [3.05, 3.63) is 60.0 Å². The minimum atomic E-state index is -2.54. The number of nitrogens with one attached hydrogen (secondary N) is 2. The summed E-state index contributed by atoms with van der Waals surface area (Å²) >= 11 is 6.53. The van der Waals surface area contributed by atoms with E-state index in [0.717, 1.165) is 79.9 Å². The van der Waals surface area contributed by atoms with Gasteiger partial charge < -0.3 is 29.7 Å². The fraction of sp³-hybridized carbons (Fsp3) is 0.424. The van der Waals surface area contributed by atoms with Crippen LogP contribution >= 0.6 is 18.7 Å². The van der Waals surface area contributed by atoms with Gasteiger partial charge in [0.05, 0.1) is 30.9 Å². The van der Waals surface area contributed by atoms with E-state index in [9.17, 15) is 4.57 Å². The summed E-state index contributed by atoms with van der Waals surface area (Å²) in [6, 6.07) is 12.3. The molecule has 4 aromatic rings. The first-order valence-electron chi connectivity index (χ1n) is 15.7. The van der Waals surface area contributed by atoms with Crippen LogP contribution in [0.2, 0.25) is 5.02 Å². The second kappa shape index (κ2) is 13.6. The van der Waals surface area contributed by atoms with Crippen LogP contribution in [0.5, 0.6) is 5.75 Å². The number of nitrogens with zero attached hydrogens (tertiary/aromatic N) is 7. The van der Waals surface area contributed by atoms with Crippen molar-refractivity contribution in [3.63, 3.8) is 0 Å². The van der Waals surface area contributed by atoms with Crippen LogP contribution in [0.3, 0.4) is 0 Å². The van der Waals surface area contributed by atoms with Crippen molar-refractivity contribution in [2.45, 2.75) is 18.9 Å². The Morgan fingerprint density at radius 3 is 2.37 bits per heavy atom. The van der Waals surface area contributed by atoms with Gasteiger partial charge in [-0.25, -0.2) is 4.98 Å². The molecular formula is C33H43ClN9O2P. The lowest BCUT2D eigenvalue weighted by molar-refractivity contribution is 0.0982. The van der Waals surface area contributed by atoms with Gasteiger partial charge >= 0.3 is 0 Å². The standard InChI is InChI=1S/C33H43ClN9O2P/c1-40-14-16-42(17-15-40)24-10-12-43(13-11-24)29-19-30(45-3)28(18-25(29)23-20-36-41(2)22-23)38-33-35-21-26(34)32(39-33)37-27-8-6-7-9-31(27)46(4,5)44/h6-9,18-22,24H,10-17H2,1-5H3,(H2,35,37,38,39). The number of ether oxygens (including phenoxy) is 1. The molecule has 0 amide bonds. The summed E-state index contributed by atoms with van der Waals surface area (Å²) in [6.45, 7) is 9.99. The molecule has 0 aliphatic carbocycles. The maximum absolute atomic E-state index is 12.9. The lowest BCUT2D eigenvalue weighted by atomic mass is 9.98. The van der Waals surface area contributed by atoms with Crippen molar-refractivity contribution < 1.29 is 9.30 Å². The summed E-state index contributed by atoms with van der Waals surface area (Å²) in [7, 11) is 3.27. The number of anilines is 5. The molecule has 6 rings (SSSR count). The molecule has 244 valence electrons. The van der Waals surface area contributed by atoms with Crippen molar-refractivity contribution in [1.82, 2.24) is 29.5 Å². The van der Waals surface area contributed by atoms with Gasteiger partial charge in [0.25, 0.3) is 0 Å². The minimum absolute atomic E-state index is 0.344. The van der Waals surface area contributed by atoms with Gasteiger partial charge in [0.1, 0.15) is 17.9 Å². The second-order valence-electron chi connectivity index (χ2n) is 12.5. The third-order valence-electron chi connectivity index (χ3n) is 8.92. The van der Waals surface area contributed by atoms with E-state index in [4.69, 9.17) is 21.3 Å². The maximum Gasteiger partial charge on any atom is 0.229 e. The minimum Gasteiger partial charge on any atom is -0.494 e. The quantitative estimate of drug-likeness (QED) is 0.224.